The molecule has 0 unspecified atom stereocenters. The third-order valence-electron chi connectivity index (χ3n) is 5.01. The van der Waals surface area contributed by atoms with E-state index in [1.807, 2.05) is 0 Å². The molecule has 22 heavy (non-hydrogen) atoms. The van der Waals surface area contributed by atoms with Crippen LogP contribution >= 0.6 is 0 Å². The number of nitrogens with one attached hydrogen (secondary N) is 1. The number of benzene rings is 1. The fourth-order valence-electron chi connectivity index (χ4n) is 3.66. The van der Waals surface area contributed by atoms with E-state index in [2.05, 4.69) is 35.6 Å². The average Bonchev–Trinajstić information content (AvgIpc) is 3.06. The molecule has 0 spiro atoms. The second-order valence-electron chi connectivity index (χ2n) is 6.53. The summed E-state index contributed by atoms with van der Waals surface area (Å²) in [6.07, 6.45) is 5.86. The van der Waals surface area contributed by atoms with Gasteiger partial charge in [0.25, 0.3) is 0 Å². The highest BCUT2D eigenvalue weighted by molar-refractivity contribution is 5.81. The largest absolute Gasteiger partial charge is 0.364 e. The predicted molar refractivity (Wildman–Crippen MR) is 86.5 cm³/mol. The summed E-state index contributed by atoms with van der Waals surface area (Å²) in [4.78, 5) is 12.2. The molecule has 0 bridgehead atoms. The van der Waals surface area contributed by atoms with Crippen LogP contribution in [0.5, 0.6) is 0 Å². The standard InChI is InChI=1S/C18H26N2O2/c19-12-16-10-11-17(22-16)18(21)20-15-8-6-14(7-9-15)13-4-2-1-3-5-13/h1-5,14-17H,6-12,19H2,(H,20,21)/t14?,15?,16-,17+/m1/s1. The Morgan fingerprint density at radius 3 is 2.45 bits per heavy atom. The van der Waals surface area contributed by atoms with Crippen LogP contribution < -0.4 is 11.1 Å². The molecular weight excluding hydrogens is 276 g/mol. The Hall–Kier alpha value is -1.39. The van der Waals surface area contributed by atoms with Crippen LogP contribution in [0.15, 0.2) is 30.3 Å². The van der Waals surface area contributed by atoms with Gasteiger partial charge in [0.15, 0.2) is 0 Å². The molecule has 1 amide bonds. The van der Waals surface area contributed by atoms with Gasteiger partial charge >= 0.3 is 0 Å². The van der Waals surface area contributed by atoms with Crippen molar-refractivity contribution < 1.29 is 9.53 Å². The lowest BCUT2D eigenvalue weighted by molar-refractivity contribution is -0.132. The van der Waals surface area contributed by atoms with Gasteiger partial charge in [0.2, 0.25) is 5.91 Å². The highest BCUT2D eigenvalue weighted by Gasteiger charge is 2.32. The molecule has 3 rings (SSSR count). The molecule has 4 nitrogen and oxygen atoms in total. The van der Waals surface area contributed by atoms with E-state index in [4.69, 9.17) is 10.5 Å². The van der Waals surface area contributed by atoms with Crippen molar-refractivity contribution >= 4 is 5.91 Å². The van der Waals surface area contributed by atoms with Crippen molar-refractivity contribution in [3.63, 3.8) is 0 Å². The lowest BCUT2D eigenvalue weighted by Gasteiger charge is -2.30. The van der Waals surface area contributed by atoms with Crippen LogP contribution in [0.3, 0.4) is 0 Å². The molecule has 2 atom stereocenters. The van der Waals surface area contributed by atoms with Gasteiger partial charge in [0, 0.05) is 12.6 Å². The van der Waals surface area contributed by atoms with Crippen LogP contribution in [0.1, 0.15) is 50.0 Å². The third-order valence-corrected chi connectivity index (χ3v) is 5.01. The summed E-state index contributed by atoms with van der Waals surface area (Å²) in [5.41, 5.74) is 7.02. The molecule has 1 aromatic rings. The van der Waals surface area contributed by atoms with Crippen LogP contribution in [0.25, 0.3) is 0 Å². The molecule has 1 saturated heterocycles. The van der Waals surface area contributed by atoms with Crippen molar-refractivity contribution in [2.24, 2.45) is 5.73 Å². The lowest BCUT2D eigenvalue weighted by Crippen LogP contribution is -2.43. The molecule has 1 aliphatic heterocycles. The van der Waals surface area contributed by atoms with Gasteiger partial charge in [-0.3, -0.25) is 4.79 Å². The number of hydrogen-bond donors (Lipinski definition) is 2. The maximum absolute atomic E-state index is 12.2. The smallest absolute Gasteiger partial charge is 0.249 e. The second-order valence-corrected chi connectivity index (χ2v) is 6.53. The molecule has 0 radical (unpaired) electrons. The summed E-state index contributed by atoms with van der Waals surface area (Å²) in [5.74, 6) is 0.692. The van der Waals surface area contributed by atoms with E-state index in [0.29, 0.717) is 18.5 Å². The first-order chi connectivity index (χ1) is 10.8. The molecule has 2 aliphatic rings. The number of ether oxygens (including phenoxy) is 1. The summed E-state index contributed by atoms with van der Waals surface area (Å²) in [6, 6.07) is 11.0. The van der Waals surface area contributed by atoms with Gasteiger partial charge in [-0.05, 0) is 50.0 Å². The first kappa shape index (κ1) is 15.5. The van der Waals surface area contributed by atoms with E-state index < -0.39 is 0 Å². The Morgan fingerprint density at radius 1 is 1.09 bits per heavy atom. The van der Waals surface area contributed by atoms with Crippen LogP contribution in [0.2, 0.25) is 0 Å². The quantitative estimate of drug-likeness (QED) is 0.897. The highest BCUT2D eigenvalue weighted by atomic mass is 16.5. The van der Waals surface area contributed by atoms with Gasteiger partial charge in [-0.25, -0.2) is 0 Å². The van der Waals surface area contributed by atoms with Gasteiger partial charge in [-0.1, -0.05) is 30.3 Å². The molecule has 1 aromatic carbocycles. The van der Waals surface area contributed by atoms with Gasteiger partial charge in [-0.15, -0.1) is 0 Å². The number of carbonyl (C=O) groups excluding carboxylic acids is 1. The Labute approximate surface area is 132 Å². The molecule has 1 saturated carbocycles. The zero-order valence-corrected chi connectivity index (χ0v) is 13.0. The molecule has 2 fully saturated rings. The van der Waals surface area contributed by atoms with Crippen LogP contribution in [0.4, 0.5) is 0 Å². The minimum absolute atomic E-state index is 0.0547. The molecule has 0 aromatic heterocycles. The Balaban J connectivity index is 1.45. The Bertz CT molecular complexity index is 483. The predicted octanol–water partition coefficient (Wildman–Crippen LogP) is 2.34. The number of amides is 1. The molecule has 4 heteroatoms. The zero-order chi connectivity index (χ0) is 15.4. The van der Waals surface area contributed by atoms with Crippen LogP contribution in [-0.4, -0.2) is 30.7 Å². The van der Waals surface area contributed by atoms with Crippen LogP contribution in [-0.2, 0) is 9.53 Å². The second kappa shape index (κ2) is 7.25. The van der Waals surface area contributed by atoms with Crippen molar-refractivity contribution in [3.8, 4) is 0 Å². The Kier molecular flexibility index (Phi) is 5.11. The summed E-state index contributed by atoms with van der Waals surface area (Å²) in [6.45, 7) is 0.506. The Morgan fingerprint density at radius 2 is 1.82 bits per heavy atom. The van der Waals surface area contributed by atoms with Crippen molar-refractivity contribution in [1.82, 2.24) is 5.32 Å². The van der Waals surface area contributed by atoms with Crippen molar-refractivity contribution in [2.75, 3.05) is 6.54 Å². The maximum Gasteiger partial charge on any atom is 0.249 e. The zero-order valence-electron chi connectivity index (χ0n) is 13.0. The lowest BCUT2D eigenvalue weighted by atomic mass is 9.82. The van der Waals surface area contributed by atoms with Crippen molar-refractivity contribution in [1.29, 1.82) is 0 Å². The van der Waals surface area contributed by atoms with Gasteiger partial charge in [0.1, 0.15) is 6.10 Å². The maximum atomic E-state index is 12.2. The molecule has 1 aliphatic carbocycles. The van der Waals surface area contributed by atoms with E-state index in [9.17, 15) is 4.79 Å². The topological polar surface area (TPSA) is 64.4 Å². The third kappa shape index (κ3) is 3.68. The molecule has 3 N–H and O–H groups in total. The normalized spacial score (nSPS) is 31.9. The average molecular weight is 302 g/mol. The summed E-state index contributed by atoms with van der Waals surface area (Å²) in [7, 11) is 0. The first-order valence-corrected chi connectivity index (χ1v) is 8.47. The molecule has 1 heterocycles. The summed E-state index contributed by atoms with van der Waals surface area (Å²) >= 11 is 0. The first-order valence-electron chi connectivity index (χ1n) is 8.47. The van der Waals surface area contributed by atoms with E-state index in [1.165, 1.54) is 5.56 Å². The van der Waals surface area contributed by atoms with Gasteiger partial charge in [0.05, 0.1) is 6.10 Å². The minimum atomic E-state index is -0.291. The van der Waals surface area contributed by atoms with Crippen molar-refractivity contribution in [3.05, 3.63) is 35.9 Å². The van der Waals surface area contributed by atoms with E-state index >= 15 is 0 Å². The molecular formula is C18H26N2O2. The number of hydrogen-bond acceptors (Lipinski definition) is 3. The monoisotopic (exact) mass is 302 g/mol. The minimum Gasteiger partial charge on any atom is -0.364 e. The number of nitrogens with two attached hydrogens (primary N) is 1. The fraction of sp³-hybridized carbons (Fsp3) is 0.611. The summed E-state index contributed by atoms with van der Waals surface area (Å²) < 4.78 is 5.67. The van der Waals surface area contributed by atoms with E-state index in [1.54, 1.807) is 0 Å². The van der Waals surface area contributed by atoms with Crippen LogP contribution in [0, 0.1) is 0 Å². The number of rotatable bonds is 4. The van der Waals surface area contributed by atoms with Gasteiger partial charge in [-0.2, -0.15) is 0 Å². The van der Waals surface area contributed by atoms with E-state index in [0.717, 1.165) is 38.5 Å². The molecule has 120 valence electrons. The van der Waals surface area contributed by atoms with Crippen molar-refractivity contribution in [2.45, 2.75) is 62.7 Å². The van der Waals surface area contributed by atoms with E-state index in [-0.39, 0.29) is 18.1 Å². The summed E-state index contributed by atoms with van der Waals surface area (Å²) in [5, 5.41) is 3.17. The fourth-order valence-corrected chi connectivity index (χ4v) is 3.66. The highest BCUT2D eigenvalue weighted by Crippen LogP contribution is 2.32. The number of carbonyl (C=O) groups is 1. The van der Waals surface area contributed by atoms with Gasteiger partial charge < -0.3 is 15.8 Å². The SMILES string of the molecule is NC[C@H]1CC[C@@H](C(=O)NC2CCC(c3ccccc3)CC2)O1.